The second-order valence-corrected chi connectivity index (χ2v) is 5.29. The molecular formula is C19H18F3NO3. The molecule has 0 radical (unpaired) electrons. The first-order valence-electron chi connectivity index (χ1n) is 7.81. The molecule has 0 spiro atoms. The van der Waals surface area contributed by atoms with Crippen molar-refractivity contribution < 1.29 is 27.4 Å². The third-order valence-corrected chi connectivity index (χ3v) is 3.43. The Balaban J connectivity index is 1.87. The third kappa shape index (κ3) is 6.16. The lowest BCUT2D eigenvalue weighted by Gasteiger charge is -2.11. The van der Waals surface area contributed by atoms with E-state index in [9.17, 15) is 18.0 Å². The molecule has 138 valence electrons. The summed E-state index contributed by atoms with van der Waals surface area (Å²) in [5.74, 6) is -0.575. The van der Waals surface area contributed by atoms with Gasteiger partial charge in [0.15, 0.2) is 11.5 Å². The van der Waals surface area contributed by atoms with Crippen LogP contribution < -0.4 is 14.8 Å². The summed E-state index contributed by atoms with van der Waals surface area (Å²) in [6.45, 7) is -2.65. The zero-order valence-corrected chi connectivity index (χ0v) is 14.0. The van der Waals surface area contributed by atoms with Crippen molar-refractivity contribution in [3.63, 3.8) is 0 Å². The van der Waals surface area contributed by atoms with Gasteiger partial charge < -0.3 is 14.8 Å². The maximum Gasteiger partial charge on any atom is 0.387 e. The minimum absolute atomic E-state index is 0.0580. The van der Waals surface area contributed by atoms with Crippen molar-refractivity contribution >= 4 is 12.0 Å². The van der Waals surface area contributed by atoms with Gasteiger partial charge in [0.05, 0.1) is 7.11 Å². The zero-order valence-electron chi connectivity index (χ0n) is 14.0. The second-order valence-electron chi connectivity index (χ2n) is 5.29. The van der Waals surface area contributed by atoms with Crippen molar-refractivity contribution in [2.45, 2.75) is 13.0 Å². The minimum Gasteiger partial charge on any atom is -0.493 e. The lowest BCUT2D eigenvalue weighted by Crippen LogP contribution is -2.23. The van der Waals surface area contributed by atoms with E-state index in [-0.39, 0.29) is 23.2 Å². The summed E-state index contributed by atoms with van der Waals surface area (Å²) in [5.41, 5.74) is 1.28. The maximum atomic E-state index is 13.0. The fraction of sp³-hybridized carbons (Fsp3) is 0.211. The average Bonchev–Trinajstić information content (AvgIpc) is 2.60. The van der Waals surface area contributed by atoms with Crippen LogP contribution in [0.2, 0.25) is 0 Å². The molecule has 0 bridgehead atoms. The smallest absolute Gasteiger partial charge is 0.387 e. The van der Waals surface area contributed by atoms with Crippen LogP contribution in [-0.2, 0) is 11.2 Å². The summed E-state index contributed by atoms with van der Waals surface area (Å²) >= 11 is 0. The van der Waals surface area contributed by atoms with Crippen molar-refractivity contribution in [3.8, 4) is 11.5 Å². The van der Waals surface area contributed by atoms with Gasteiger partial charge in [-0.05, 0) is 47.9 Å². The molecule has 0 aliphatic rings. The van der Waals surface area contributed by atoms with E-state index in [0.717, 1.165) is 0 Å². The van der Waals surface area contributed by atoms with Gasteiger partial charge in [-0.3, -0.25) is 4.79 Å². The normalized spacial score (nSPS) is 11.0. The van der Waals surface area contributed by atoms with Crippen LogP contribution in [0.15, 0.2) is 48.5 Å². The first-order valence-corrected chi connectivity index (χ1v) is 7.81. The van der Waals surface area contributed by atoms with Crippen LogP contribution in [0.3, 0.4) is 0 Å². The van der Waals surface area contributed by atoms with Gasteiger partial charge in [0, 0.05) is 12.6 Å². The number of halogens is 3. The van der Waals surface area contributed by atoms with Crippen LogP contribution in [0.25, 0.3) is 6.08 Å². The number of rotatable bonds is 8. The Hall–Kier alpha value is -2.96. The van der Waals surface area contributed by atoms with Crippen LogP contribution in [0.4, 0.5) is 13.2 Å². The quantitative estimate of drug-likeness (QED) is 0.724. The van der Waals surface area contributed by atoms with Crippen molar-refractivity contribution in [2.75, 3.05) is 13.7 Å². The highest BCUT2D eigenvalue weighted by Gasteiger charge is 2.11. The number of benzene rings is 2. The molecule has 0 aliphatic carbocycles. The van der Waals surface area contributed by atoms with E-state index >= 15 is 0 Å². The first kappa shape index (κ1) is 19.4. The SMILES string of the molecule is COc1ccc(CCNC(=O)C=Cc2cccc(F)c2)cc1OC(F)F. The molecule has 2 aromatic rings. The van der Waals surface area contributed by atoms with Gasteiger partial charge >= 0.3 is 6.61 Å². The molecule has 26 heavy (non-hydrogen) atoms. The Bertz CT molecular complexity index is 778. The zero-order chi connectivity index (χ0) is 18.9. The molecule has 1 amide bonds. The van der Waals surface area contributed by atoms with Gasteiger partial charge in [0.2, 0.25) is 5.91 Å². The standard InChI is InChI=1S/C19H18F3NO3/c1-25-16-7-5-14(12-17(16)26-19(21)22)9-10-23-18(24)8-6-13-3-2-4-15(20)11-13/h2-8,11-12,19H,9-10H2,1H3,(H,23,24). The van der Waals surface area contributed by atoms with Gasteiger partial charge in [-0.25, -0.2) is 4.39 Å². The third-order valence-electron chi connectivity index (χ3n) is 3.43. The topological polar surface area (TPSA) is 47.6 Å². The number of methoxy groups -OCH3 is 1. The van der Waals surface area contributed by atoms with Gasteiger partial charge in [-0.1, -0.05) is 18.2 Å². The summed E-state index contributed by atoms with van der Waals surface area (Å²) in [7, 11) is 1.36. The summed E-state index contributed by atoms with van der Waals surface area (Å²) in [6.07, 6.45) is 3.22. The Kier molecular flexibility index (Phi) is 7.08. The molecule has 2 rings (SSSR count). The predicted octanol–water partition coefficient (Wildman–Crippen LogP) is 3.81. The van der Waals surface area contributed by atoms with E-state index in [1.165, 1.54) is 43.5 Å². The molecule has 0 aromatic heterocycles. The molecule has 4 nitrogen and oxygen atoms in total. The summed E-state index contributed by atoms with van der Waals surface area (Å²) in [5, 5.41) is 2.67. The molecule has 0 saturated heterocycles. The number of hydrogen-bond donors (Lipinski definition) is 1. The van der Waals surface area contributed by atoms with Crippen molar-refractivity contribution in [2.24, 2.45) is 0 Å². The maximum absolute atomic E-state index is 13.0. The number of carbonyl (C=O) groups excluding carboxylic acids is 1. The summed E-state index contributed by atoms with van der Waals surface area (Å²) < 4.78 is 47.2. The van der Waals surface area contributed by atoms with Gasteiger partial charge in [-0.15, -0.1) is 0 Å². The summed E-state index contributed by atoms with van der Waals surface area (Å²) in [6, 6.07) is 10.5. The van der Waals surface area contributed by atoms with Crippen LogP contribution in [0.5, 0.6) is 11.5 Å². The number of hydrogen-bond acceptors (Lipinski definition) is 3. The van der Waals surface area contributed by atoms with Gasteiger partial charge in [0.25, 0.3) is 0 Å². The van der Waals surface area contributed by atoms with E-state index in [0.29, 0.717) is 24.1 Å². The monoisotopic (exact) mass is 365 g/mol. The Morgan fingerprint density at radius 2 is 2.00 bits per heavy atom. The minimum atomic E-state index is -2.95. The number of carbonyl (C=O) groups is 1. The highest BCUT2D eigenvalue weighted by Crippen LogP contribution is 2.29. The van der Waals surface area contributed by atoms with Crippen LogP contribution in [0, 0.1) is 5.82 Å². The van der Waals surface area contributed by atoms with Crippen molar-refractivity contribution in [3.05, 3.63) is 65.5 Å². The van der Waals surface area contributed by atoms with E-state index in [4.69, 9.17) is 4.74 Å². The second kappa shape index (κ2) is 9.50. The van der Waals surface area contributed by atoms with Crippen molar-refractivity contribution in [1.82, 2.24) is 5.32 Å². The number of nitrogens with one attached hydrogen (secondary N) is 1. The number of ether oxygens (including phenoxy) is 2. The molecule has 0 saturated carbocycles. The van der Waals surface area contributed by atoms with E-state index in [1.54, 1.807) is 18.2 Å². The molecule has 0 heterocycles. The fourth-order valence-corrected chi connectivity index (χ4v) is 2.24. The number of alkyl halides is 2. The van der Waals surface area contributed by atoms with Gasteiger partial charge in [-0.2, -0.15) is 8.78 Å². The van der Waals surface area contributed by atoms with Crippen molar-refractivity contribution in [1.29, 1.82) is 0 Å². The van der Waals surface area contributed by atoms with Gasteiger partial charge in [0.1, 0.15) is 5.82 Å². The molecule has 1 N–H and O–H groups in total. The molecule has 7 heteroatoms. The van der Waals surface area contributed by atoms with Crippen LogP contribution in [-0.4, -0.2) is 26.2 Å². The summed E-state index contributed by atoms with van der Waals surface area (Å²) in [4.78, 5) is 11.8. The lowest BCUT2D eigenvalue weighted by atomic mass is 10.1. The largest absolute Gasteiger partial charge is 0.493 e. The molecule has 0 aliphatic heterocycles. The highest BCUT2D eigenvalue weighted by atomic mass is 19.3. The predicted molar refractivity (Wildman–Crippen MR) is 91.8 cm³/mol. The fourth-order valence-electron chi connectivity index (χ4n) is 2.24. The van der Waals surface area contributed by atoms with E-state index < -0.39 is 6.61 Å². The average molecular weight is 365 g/mol. The molecule has 0 fully saturated rings. The van der Waals surface area contributed by atoms with Crippen LogP contribution >= 0.6 is 0 Å². The first-order chi connectivity index (χ1) is 12.5. The number of amides is 1. The molecular weight excluding hydrogens is 347 g/mol. The molecule has 0 unspecified atom stereocenters. The Morgan fingerprint density at radius 3 is 2.69 bits per heavy atom. The molecule has 2 aromatic carbocycles. The Labute approximate surface area is 149 Å². The lowest BCUT2D eigenvalue weighted by molar-refractivity contribution is -0.116. The Morgan fingerprint density at radius 1 is 1.19 bits per heavy atom. The van der Waals surface area contributed by atoms with Crippen LogP contribution in [0.1, 0.15) is 11.1 Å². The highest BCUT2D eigenvalue weighted by molar-refractivity contribution is 5.91. The molecule has 0 atom stereocenters. The van der Waals surface area contributed by atoms with E-state index in [2.05, 4.69) is 10.1 Å². The van der Waals surface area contributed by atoms with E-state index in [1.807, 2.05) is 0 Å².